The fraction of sp³-hybridized carbons (Fsp3) is 0.462. The number of carboxylic acid groups (broad SMARTS) is 1. The molecule has 0 aliphatic carbocycles. The van der Waals surface area contributed by atoms with E-state index in [1.165, 1.54) is 27.4 Å². The summed E-state index contributed by atoms with van der Waals surface area (Å²) in [5.41, 5.74) is 0.628. The quantitative estimate of drug-likeness (QED) is 0.282. The van der Waals surface area contributed by atoms with Crippen LogP contribution in [0.3, 0.4) is 0 Å². The molecule has 3 heterocycles. The number of piperazine rings is 1. The molecule has 2 atom stereocenters. The van der Waals surface area contributed by atoms with Gasteiger partial charge in [0, 0.05) is 63.3 Å². The van der Waals surface area contributed by atoms with E-state index in [4.69, 9.17) is 19.3 Å². The fourth-order valence-electron chi connectivity index (χ4n) is 8.05. The van der Waals surface area contributed by atoms with Crippen molar-refractivity contribution < 1.29 is 42.5 Å². The van der Waals surface area contributed by atoms with E-state index in [2.05, 4.69) is 10.2 Å². The maximum atomic E-state index is 14.8. The Balaban J connectivity index is 1.20. The number of hydrogen-bond donors (Lipinski definition) is 2. The van der Waals surface area contributed by atoms with Crippen LogP contribution in [0.1, 0.15) is 40.7 Å². The Morgan fingerprint density at radius 2 is 1.45 bits per heavy atom. The molecule has 3 aliphatic heterocycles. The van der Waals surface area contributed by atoms with Gasteiger partial charge in [0.25, 0.3) is 5.91 Å². The Labute approximate surface area is 308 Å². The predicted molar refractivity (Wildman–Crippen MR) is 193 cm³/mol. The molecular weight excluding hydrogens is 688 g/mol. The van der Waals surface area contributed by atoms with Crippen LogP contribution in [0.5, 0.6) is 17.2 Å². The lowest BCUT2D eigenvalue weighted by molar-refractivity contribution is -0.138. The van der Waals surface area contributed by atoms with Crippen LogP contribution in [0, 0.1) is 11.6 Å². The van der Waals surface area contributed by atoms with Crippen molar-refractivity contribution in [1.29, 1.82) is 0 Å². The third-order valence-electron chi connectivity index (χ3n) is 11.0. The number of methoxy groups -OCH3 is 3. The van der Waals surface area contributed by atoms with E-state index >= 15 is 0 Å². The molecule has 3 saturated heterocycles. The summed E-state index contributed by atoms with van der Waals surface area (Å²) >= 11 is 0. The Morgan fingerprint density at radius 3 is 2.08 bits per heavy atom. The standard InChI is InChI=1S/C39H47F2N5O7/c1-51-32-21-27(22-33(52-2)35(32)53-3)36(49)46-16-12-38(25-46,29-9-10-30(40)31(41)23-29)11-14-44-15-13-39(26-44,28-7-5-4-6-8-28)42-37(50)45-19-17-43(18-20-45)24-34(47)48/h4-10,21-23H,11-20,24-26H2,1-3H3,(H,42,50)(H,47,48). The Morgan fingerprint density at radius 1 is 0.755 bits per heavy atom. The van der Waals surface area contributed by atoms with Crippen molar-refractivity contribution in [2.24, 2.45) is 0 Å². The Bertz CT molecular complexity index is 1780. The van der Waals surface area contributed by atoms with Crippen LogP contribution in [0.4, 0.5) is 13.6 Å². The molecule has 53 heavy (non-hydrogen) atoms. The van der Waals surface area contributed by atoms with Crippen molar-refractivity contribution in [2.75, 3.05) is 86.8 Å². The minimum Gasteiger partial charge on any atom is -0.493 e. The number of amides is 3. The molecule has 284 valence electrons. The lowest BCUT2D eigenvalue weighted by atomic mass is 9.76. The number of rotatable bonds is 12. The monoisotopic (exact) mass is 735 g/mol. The third kappa shape index (κ3) is 8.03. The molecule has 2 unspecified atom stereocenters. The number of likely N-dealkylation sites (tertiary alicyclic amines) is 2. The number of nitrogens with zero attached hydrogens (tertiary/aromatic N) is 4. The van der Waals surface area contributed by atoms with Gasteiger partial charge in [0.15, 0.2) is 23.1 Å². The summed E-state index contributed by atoms with van der Waals surface area (Å²) in [7, 11) is 4.46. The predicted octanol–water partition coefficient (Wildman–Crippen LogP) is 4.18. The molecular formula is C39H47F2N5O7. The van der Waals surface area contributed by atoms with Crippen LogP contribution in [-0.4, -0.2) is 129 Å². The minimum absolute atomic E-state index is 0.0542. The van der Waals surface area contributed by atoms with Gasteiger partial charge in [0.1, 0.15) is 0 Å². The van der Waals surface area contributed by atoms with Gasteiger partial charge >= 0.3 is 12.0 Å². The zero-order valence-corrected chi connectivity index (χ0v) is 30.4. The van der Waals surface area contributed by atoms with Crippen LogP contribution in [0.2, 0.25) is 0 Å². The molecule has 3 aromatic rings. The van der Waals surface area contributed by atoms with E-state index in [1.54, 1.807) is 28.0 Å². The van der Waals surface area contributed by atoms with Gasteiger partial charge in [0.2, 0.25) is 5.75 Å². The van der Waals surface area contributed by atoms with Crippen LogP contribution in [0.15, 0.2) is 60.7 Å². The van der Waals surface area contributed by atoms with Gasteiger partial charge < -0.3 is 39.3 Å². The highest BCUT2D eigenvalue weighted by atomic mass is 19.2. The highest BCUT2D eigenvalue weighted by Gasteiger charge is 2.45. The van der Waals surface area contributed by atoms with Gasteiger partial charge in [-0.3, -0.25) is 14.5 Å². The Kier molecular flexibility index (Phi) is 11.4. The first-order valence-corrected chi connectivity index (χ1v) is 17.8. The number of nitrogens with one attached hydrogen (secondary N) is 1. The van der Waals surface area contributed by atoms with Crippen molar-refractivity contribution in [3.05, 3.63) is 89.0 Å². The molecule has 6 rings (SSSR count). The normalized spacial score (nSPS) is 22.1. The molecule has 14 heteroatoms. The summed E-state index contributed by atoms with van der Waals surface area (Å²) in [4.78, 5) is 46.4. The van der Waals surface area contributed by atoms with Crippen molar-refractivity contribution in [1.82, 2.24) is 24.9 Å². The lowest BCUT2D eigenvalue weighted by Gasteiger charge is -2.38. The second-order valence-electron chi connectivity index (χ2n) is 14.1. The van der Waals surface area contributed by atoms with Gasteiger partial charge in [-0.1, -0.05) is 36.4 Å². The van der Waals surface area contributed by atoms with Crippen molar-refractivity contribution in [3.63, 3.8) is 0 Å². The molecule has 0 bridgehead atoms. The maximum Gasteiger partial charge on any atom is 0.318 e. The summed E-state index contributed by atoms with van der Waals surface area (Å²) in [5, 5.41) is 12.5. The number of carbonyl (C=O) groups excluding carboxylic acids is 2. The molecule has 3 aliphatic rings. The van der Waals surface area contributed by atoms with E-state index in [1.807, 2.05) is 35.2 Å². The highest BCUT2D eigenvalue weighted by Crippen LogP contribution is 2.42. The number of hydrogen-bond acceptors (Lipinski definition) is 8. The summed E-state index contributed by atoms with van der Waals surface area (Å²) < 4.78 is 45.3. The van der Waals surface area contributed by atoms with E-state index < -0.39 is 28.6 Å². The summed E-state index contributed by atoms with van der Waals surface area (Å²) in [6.45, 7) is 4.25. The average molecular weight is 736 g/mol. The fourth-order valence-corrected chi connectivity index (χ4v) is 8.05. The van der Waals surface area contributed by atoms with E-state index in [-0.39, 0.29) is 25.0 Å². The van der Waals surface area contributed by atoms with Gasteiger partial charge in [0.05, 0.1) is 33.4 Å². The molecule has 3 fully saturated rings. The third-order valence-corrected chi connectivity index (χ3v) is 11.0. The topological polar surface area (TPSA) is 124 Å². The zero-order chi connectivity index (χ0) is 37.8. The number of urea groups is 1. The first kappa shape index (κ1) is 37.8. The number of benzene rings is 3. The first-order chi connectivity index (χ1) is 25.5. The first-order valence-electron chi connectivity index (χ1n) is 17.8. The number of halogens is 2. The number of ether oxygens (including phenoxy) is 3. The zero-order valence-electron chi connectivity index (χ0n) is 30.4. The summed E-state index contributed by atoms with van der Waals surface area (Å²) in [5.74, 6) is -1.93. The lowest BCUT2D eigenvalue weighted by Crippen LogP contribution is -2.57. The van der Waals surface area contributed by atoms with Gasteiger partial charge in [-0.15, -0.1) is 0 Å². The average Bonchev–Trinajstić information content (AvgIpc) is 3.80. The maximum absolute atomic E-state index is 14.8. The van der Waals surface area contributed by atoms with Crippen LogP contribution in [-0.2, 0) is 15.7 Å². The number of carboxylic acids is 1. The van der Waals surface area contributed by atoms with Crippen LogP contribution < -0.4 is 19.5 Å². The largest absolute Gasteiger partial charge is 0.493 e. The smallest absolute Gasteiger partial charge is 0.318 e. The second-order valence-corrected chi connectivity index (χ2v) is 14.1. The van der Waals surface area contributed by atoms with Crippen molar-refractivity contribution in [3.8, 4) is 17.2 Å². The molecule has 12 nitrogen and oxygen atoms in total. The molecule has 3 amide bonds. The molecule has 0 saturated carbocycles. The Hall–Kier alpha value is -4.95. The van der Waals surface area contributed by atoms with Crippen LogP contribution >= 0.6 is 0 Å². The molecule has 0 radical (unpaired) electrons. The van der Waals surface area contributed by atoms with Crippen LogP contribution in [0.25, 0.3) is 0 Å². The van der Waals surface area contributed by atoms with E-state index in [9.17, 15) is 23.2 Å². The molecule has 0 spiro atoms. The van der Waals surface area contributed by atoms with Gasteiger partial charge in [-0.05, 0) is 61.2 Å². The molecule has 0 aromatic heterocycles. The SMILES string of the molecule is COc1cc(C(=O)N2CCC(CCN3CCC(NC(=O)N4CCN(CC(=O)O)CC4)(c4ccccc4)C3)(c3ccc(F)c(F)c3)C2)cc(OC)c1OC. The summed E-state index contributed by atoms with van der Waals surface area (Å²) in [6.07, 6.45) is 1.75. The van der Waals surface area contributed by atoms with E-state index in [0.717, 1.165) is 11.6 Å². The second kappa shape index (κ2) is 16.0. The summed E-state index contributed by atoms with van der Waals surface area (Å²) in [6, 6.07) is 16.9. The van der Waals surface area contributed by atoms with Gasteiger partial charge in [-0.25, -0.2) is 13.6 Å². The van der Waals surface area contributed by atoms with Gasteiger partial charge in [-0.2, -0.15) is 0 Å². The van der Waals surface area contributed by atoms with E-state index in [0.29, 0.717) is 100.0 Å². The van der Waals surface area contributed by atoms with Crippen molar-refractivity contribution >= 4 is 17.9 Å². The molecule has 3 aromatic carbocycles. The molecule has 2 N–H and O–H groups in total. The minimum atomic E-state index is -0.938. The highest BCUT2D eigenvalue weighted by molar-refractivity contribution is 5.96. The number of aliphatic carboxylic acids is 1. The van der Waals surface area contributed by atoms with Crippen molar-refractivity contribution in [2.45, 2.75) is 30.2 Å². The number of carbonyl (C=O) groups is 3.